The number of carbonyl (C=O) groups is 2. The predicted molar refractivity (Wildman–Crippen MR) is 100 cm³/mol. The molecule has 0 saturated heterocycles. The molecule has 27 heavy (non-hydrogen) atoms. The molecule has 3 aromatic rings. The number of aryl methyl sites for hydroxylation is 3. The molecule has 0 saturated carbocycles. The van der Waals surface area contributed by atoms with E-state index >= 15 is 0 Å². The van der Waals surface area contributed by atoms with Crippen LogP contribution in [-0.2, 0) is 4.79 Å². The van der Waals surface area contributed by atoms with Gasteiger partial charge in [-0.1, -0.05) is 22.9 Å². The normalized spacial score (nSPS) is 10.7. The van der Waals surface area contributed by atoms with Gasteiger partial charge in [0.15, 0.2) is 11.5 Å². The molecule has 0 aliphatic carbocycles. The van der Waals surface area contributed by atoms with Crippen molar-refractivity contribution in [1.82, 2.24) is 10.1 Å². The zero-order valence-electron chi connectivity index (χ0n) is 15.7. The Morgan fingerprint density at radius 1 is 1.11 bits per heavy atom. The molecule has 0 fully saturated rings. The summed E-state index contributed by atoms with van der Waals surface area (Å²) in [6, 6.07) is 8.92. The van der Waals surface area contributed by atoms with Gasteiger partial charge in [0, 0.05) is 18.8 Å². The number of furan rings is 1. The fraction of sp³-hybridized carbons (Fsp3) is 0.250. The van der Waals surface area contributed by atoms with E-state index in [0.717, 1.165) is 22.4 Å². The second-order valence-electron chi connectivity index (χ2n) is 6.54. The van der Waals surface area contributed by atoms with Crippen LogP contribution in [0.5, 0.6) is 0 Å². The largest absolute Gasteiger partial charge is 0.461 e. The van der Waals surface area contributed by atoms with Gasteiger partial charge in [-0.3, -0.25) is 9.59 Å². The maximum atomic E-state index is 12.5. The van der Waals surface area contributed by atoms with Crippen molar-refractivity contribution >= 4 is 17.5 Å². The highest BCUT2D eigenvalue weighted by Crippen LogP contribution is 2.22. The van der Waals surface area contributed by atoms with Gasteiger partial charge in [-0.15, -0.1) is 0 Å². The first-order valence-corrected chi connectivity index (χ1v) is 8.49. The van der Waals surface area contributed by atoms with Crippen LogP contribution in [0.1, 0.15) is 27.2 Å². The van der Waals surface area contributed by atoms with Gasteiger partial charge in [0.1, 0.15) is 0 Å². The Morgan fingerprint density at radius 2 is 1.81 bits per heavy atom. The van der Waals surface area contributed by atoms with Crippen LogP contribution in [0.3, 0.4) is 0 Å². The van der Waals surface area contributed by atoms with Gasteiger partial charge in [0.05, 0.1) is 12.8 Å². The molecule has 0 aliphatic heterocycles. The lowest BCUT2D eigenvalue weighted by atomic mass is 10.1. The lowest BCUT2D eigenvalue weighted by Crippen LogP contribution is -2.35. The molecular formula is C20H21N3O4. The fourth-order valence-corrected chi connectivity index (χ4v) is 2.95. The lowest BCUT2D eigenvalue weighted by Gasteiger charge is -2.17. The molecule has 0 radical (unpaired) electrons. The highest BCUT2D eigenvalue weighted by atomic mass is 16.5. The summed E-state index contributed by atoms with van der Waals surface area (Å²) in [5.74, 6) is 0.138. The number of benzene rings is 1. The molecule has 140 valence electrons. The van der Waals surface area contributed by atoms with Gasteiger partial charge < -0.3 is 19.2 Å². The van der Waals surface area contributed by atoms with Crippen molar-refractivity contribution in [3.05, 3.63) is 59.0 Å². The Balaban J connectivity index is 1.65. The number of hydrogen-bond donors (Lipinski definition) is 1. The fourth-order valence-electron chi connectivity index (χ4n) is 2.95. The minimum atomic E-state index is -0.413. The van der Waals surface area contributed by atoms with E-state index in [-0.39, 0.29) is 18.1 Å². The van der Waals surface area contributed by atoms with Crippen LogP contribution in [0.4, 0.5) is 5.69 Å². The van der Waals surface area contributed by atoms with Crippen LogP contribution in [0, 0.1) is 20.8 Å². The minimum absolute atomic E-state index is 0.103. The van der Waals surface area contributed by atoms with Crippen molar-refractivity contribution in [2.24, 2.45) is 0 Å². The van der Waals surface area contributed by atoms with Gasteiger partial charge >= 0.3 is 0 Å². The predicted octanol–water partition coefficient (Wildman–Crippen LogP) is 3.57. The van der Waals surface area contributed by atoms with Crippen LogP contribution in [0.25, 0.3) is 11.5 Å². The SMILES string of the molecule is Cc1cc(C)c(NC(=O)CN(C)C(=O)c2cc(-c3ccco3)on2)c(C)c1. The third-order valence-electron chi connectivity index (χ3n) is 4.16. The van der Waals surface area contributed by atoms with E-state index in [2.05, 4.69) is 10.5 Å². The molecule has 7 nitrogen and oxygen atoms in total. The van der Waals surface area contributed by atoms with Crippen LogP contribution in [0.2, 0.25) is 0 Å². The van der Waals surface area contributed by atoms with Gasteiger partial charge in [0.2, 0.25) is 11.7 Å². The summed E-state index contributed by atoms with van der Waals surface area (Å²) in [5, 5.41) is 6.64. The Bertz CT molecular complexity index is 950. The molecular weight excluding hydrogens is 346 g/mol. The smallest absolute Gasteiger partial charge is 0.276 e. The maximum Gasteiger partial charge on any atom is 0.276 e. The second kappa shape index (κ2) is 7.49. The molecule has 1 aromatic carbocycles. The molecule has 2 aromatic heterocycles. The van der Waals surface area contributed by atoms with Crippen molar-refractivity contribution in [1.29, 1.82) is 0 Å². The van der Waals surface area contributed by atoms with E-state index in [4.69, 9.17) is 8.94 Å². The topological polar surface area (TPSA) is 88.6 Å². The second-order valence-corrected chi connectivity index (χ2v) is 6.54. The molecule has 0 atom stereocenters. The summed E-state index contributed by atoms with van der Waals surface area (Å²) in [4.78, 5) is 26.2. The molecule has 3 rings (SSSR count). The van der Waals surface area contributed by atoms with Crippen LogP contribution in [-0.4, -0.2) is 35.5 Å². The average Bonchev–Trinajstić information content (AvgIpc) is 3.28. The molecule has 2 amide bonds. The van der Waals surface area contributed by atoms with E-state index in [1.165, 1.54) is 24.3 Å². The summed E-state index contributed by atoms with van der Waals surface area (Å²) < 4.78 is 10.3. The van der Waals surface area contributed by atoms with Crippen molar-refractivity contribution < 1.29 is 18.5 Å². The van der Waals surface area contributed by atoms with E-state index in [9.17, 15) is 9.59 Å². The molecule has 0 bridgehead atoms. The van der Waals surface area contributed by atoms with E-state index < -0.39 is 5.91 Å². The first kappa shape index (κ1) is 18.4. The number of amides is 2. The highest BCUT2D eigenvalue weighted by Gasteiger charge is 2.21. The number of likely N-dealkylation sites (N-methyl/N-ethyl adjacent to an activating group) is 1. The summed E-state index contributed by atoms with van der Waals surface area (Å²) in [5.41, 5.74) is 3.98. The van der Waals surface area contributed by atoms with Crippen LogP contribution in [0.15, 0.2) is 45.5 Å². The molecule has 0 unspecified atom stereocenters. The molecule has 1 N–H and O–H groups in total. The van der Waals surface area contributed by atoms with Crippen molar-refractivity contribution in [2.45, 2.75) is 20.8 Å². The highest BCUT2D eigenvalue weighted by molar-refractivity contribution is 5.99. The van der Waals surface area contributed by atoms with Gasteiger partial charge in [-0.05, 0) is 44.0 Å². The molecule has 2 heterocycles. The standard InChI is InChI=1S/C20H21N3O4/c1-12-8-13(2)19(14(3)9-12)21-18(24)11-23(4)20(25)15-10-17(27-22-15)16-6-5-7-26-16/h5-10H,11H2,1-4H3,(H,21,24). The third kappa shape index (κ3) is 4.08. The Morgan fingerprint density at radius 3 is 2.44 bits per heavy atom. The summed E-state index contributed by atoms with van der Waals surface area (Å²) in [6.07, 6.45) is 1.50. The first-order valence-electron chi connectivity index (χ1n) is 8.49. The van der Waals surface area contributed by atoms with Gasteiger partial charge in [0.25, 0.3) is 5.91 Å². The van der Waals surface area contributed by atoms with Crippen molar-refractivity contribution in [2.75, 3.05) is 18.9 Å². The quantitative estimate of drug-likeness (QED) is 0.745. The lowest BCUT2D eigenvalue weighted by molar-refractivity contribution is -0.116. The van der Waals surface area contributed by atoms with E-state index in [1.807, 2.05) is 32.9 Å². The average molecular weight is 367 g/mol. The summed E-state index contributed by atoms with van der Waals surface area (Å²) in [7, 11) is 1.54. The molecule has 0 aliphatic rings. The monoisotopic (exact) mass is 367 g/mol. The number of nitrogens with zero attached hydrogens (tertiary/aromatic N) is 2. The first-order chi connectivity index (χ1) is 12.8. The number of nitrogens with one attached hydrogen (secondary N) is 1. The Hall–Kier alpha value is -3.35. The van der Waals surface area contributed by atoms with Gasteiger partial charge in [-0.25, -0.2) is 0 Å². The maximum absolute atomic E-state index is 12.5. The van der Waals surface area contributed by atoms with E-state index in [1.54, 1.807) is 12.1 Å². The number of anilines is 1. The number of hydrogen-bond acceptors (Lipinski definition) is 5. The number of rotatable bonds is 5. The van der Waals surface area contributed by atoms with Crippen molar-refractivity contribution in [3.8, 4) is 11.5 Å². The Labute approximate surface area is 156 Å². The minimum Gasteiger partial charge on any atom is -0.461 e. The van der Waals surface area contributed by atoms with Gasteiger partial charge in [-0.2, -0.15) is 0 Å². The third-order valence-corrected chi connectivity index (χ3v) is 4.16. The zero-order chi connectivity index (χ0) is 19.6. The molecule has 0 spiro atoms. The van der Waals surface area contributed by atoms with Crippen molar-refractivity contribution in [3.63, 3.8) is 0 Å². The summed E-state index contributed by atoms with van der Waals surface area (Å²) in [6.45, 7) is 5.79. The molecule has 7 heteroatoms. The van der Waals surface area contributed by atoms with E-state index in [0.29, 0.717) is 11.5 Å². The summed E-state index contributed by atoms with van der Waals surface area (Å²) >= 11 is 0. The number of aromatic nitrogens is 1. The Kier molecular flexibility index (Phi) is 5.12. The number of carbonyl (C=O) groups excluding carboxylic acids is 2. The van der Waals surface area contributed by atoms with Crippen LogP contribution >= 0.6 is 0 Å². The zero-order valence-corrected chi connectivity index (χ0v) is 15.7. The van der Waals surface area contributed by atoms with Crippen LogP contribution < -0.4 is 5.32 Å².